The molecule has 0 saturated carbocycles. The number of phenolic OH excluding ortho intramolecular Hbond substituents is 1. The molecule has 0 fully saturated rings. The Labute approximate surface area is 128 Å². The van der Waals surface area contributed by atoms with E-state index in [1.165, 1.54) is 0 Å². The summed E-state index contributed by atoms with van der Waals surface area (Å²) in [5.41, 5.74) is 1.02. The summed E-state index contributed by atoms with van der Waals surface area (Å²) in [6.45, 7) is 5.11. The van der Waals surface area contributed by atoms with Crippen LogP contribution in [0.3, 0.4) is 0 Å². The minimum Gasteiger partial charge on any atom is -0.508 e. The number of phenols is 1. The van der Waals surface area contributed by atoms with Crippen LogP contribution >= 0.6 is 7.60 Å². The van der Waals surface area contributed by atoms with Crippen LogP contribution in [0.5, 0.6) is 5.75 Å². The molecule has 0 spiro atoms. The first-order valence-corrected chi connectivity index (χ1v) is 9.48. The summed E-state index contributed by atoms with van der Waals surface area (Å²) in [6.07, 6.45) is 4.79. The van der Waals surface area contributed by atoms with E-state index in [0.717, 1.165) is 31.2 Å². The van der Waals surface area contributed by atoms with Crippen LogP contribution in [0.15, 0.2) is 24.3 Å². The van der Waals surface area contributed by atoms with Crippen molar-refractivity contribution in [2.24, 2.45) is 0 Å². The number of aryl methyl sites for hydroxylation is 1. The largest absolute Gasteiger partial charge is 0.508 e. The van der Waals surface area contributed by atoms with E-state index in [-0.39, 0.29) is 5.75 Å². The van der Waals surface area contributed by atoms with Crippen molar-refractivity contribution >= 4 is 7.60 Å². The predicted octanol–water partition coefficient (Wildman–Crippen LogP) is 4.76. The zero-order chi connectivity index (χ0) is 15.6. The average Bonchev–Trinajstić information content (AvgIpc) is 2.47. The molecule has 4 nitrogen and oxygen atoms in total. The molecule has 0 saturated heterocycles. The van der Waals surface area contributed by atoms with E-state index in [0.29, 0.717) is 25.8 Å². The molecule has 1 N–H and O–H groups in total. The minimum atomic E-state index is -3.02. The zero-order valence-electron chi connectivity index (χ0n) is 13.1. The van der Waals surface area contributed by atoms with E-state index < -0.39 is 7.60 Å². The Morgan fingerprint density at radius 3 is 2.00 bits per heavy atom. The minimum absolute atomic E-state index is 0.236. The van der Waals surface area contributed by atoms with Gasteiger partial charge in [-0.3, -0.25) is 4.57 Å². The second-order valence-corrected chi connectivity index (χ2v) is 7.31. The van der Waals surface area contributed by atoms with Gasteiger partial charge in [0.2, 0.25) is 0 Å². The maximum absolute atomic E-state index is 12.7. The maximum atomic E-state index is 12.7. The van der Waals surface area contributed by atoms with Crippen LogP contribution in [-0.4, -0.2) is 24.5 Å². The number of hydrogen-bond acceptors (Lipinski definition) is 4. The first kappa shape index (κ1) is 18.2. The molecule has 0 bridgehead atoms. The first-order chi connectivity index (χ1) is 10.1. The van der Waals surface area contributed by atoms with Gasteiger partial charge in [0.15, 0.2) is 0 Å². The topological polar surface area (TPSA) is 55.8 Å². The smallest absolute Gasteiger partial charge is 0.331 e. The van der Waals surface area contributed by atoms with Crippen molar-refractivity contribution in [3.05, 3.63) is 29.8 Å². The van der Waals surface area contributed by atoms with Crippen LogP contribution in [0.2, 0.25) is 0 Å². The molecular formula is C16H27O4P. The molecule has 0 aromatic heterocycles. The van der Waals surface area contributed by atoms with Crippen molar-refractivity contribution in [1.82, 2.24) is 0 Å². The van der Waals surface area contributed by atoms with Crippen molar-refractivity contribution in [3.63, 3.8) is 0 Å². The molecular weight excluding hydrogens is 287 g/mol. The zero-order valence-corrected chi connectivity index (χ0v) is 14.0. The van der Waals surface area contributed by atoms with Crippen LogP contribution in [0, 0.1) is 0 Å². The third kappa shape index (κ3) is 7.66. The van der Waals surface area contributed by atoms with Gasteiger partial charge in [0, 0.05) is 0 Å². The fraction of sp³-hybridized carbons (Fsp3) is 0.625. The fourth-order valence-electron chi connectivity index (χ4n) is 1.79. The van der Waals surface area contributed by atoms with Gasteiger partial charge in [0.1, 0.15) is 5.75 Å². The molecule has 0 aliphatic heterocycles. The summed E-state index contributed by atoms with van der Waals surface area (Å²) in [5, 5.41) is 9.27. The normalized spacial score (nSPS) is 11.7. The van der Waals surface area contributed by atoms with Crippen molar-refractivity contribution in [3.8, 4) is 5.75 Å². The fourth-order valence-corrected chi connectivity index (χ4v) is 3.47. The highest BCUT2D eigenvalue weighted by molar-refractivity contribution is 7.53. The SMILES string of the molecule is CCCCOP(=O)(CCc1ccc(O)cc1)OCCCC. The van der Waals surface area contributed by atoms with E-state index in [9.17, 15) is 9.67 Å². The Hall–Kier alpha value is -0.830. The van der Waals surface area contributed by atoms with E-state index in [1.54, 1.807) is 12.1 Å². The third-order valence-electron chi connectivity index (χ3n) is 3.18. The molecule has 1 aromatic rings. The van der Waals surface area contributed by atoms with Gasteiger partial charge in [-0.15, -0.1) is 0 Å². The number of benzene rings is 1. The highest BCUT2D eigenvalue weighted by atomic mass is 31.2. The van der Waals surface area contributed by atoms with Crippen LogP contribution in [0.25, 0.3) is 0 Å². The number of aromatic hydroxyl groups is 1. The molecule has 5 heteroatoms. The number of unbranched alkanes of at least 4 members (excludes halogenated alkanes) is 2. The Balaban J connectivity index is 2.53. The van der Waals surface area contributed by atoms with Gasteiger partial charge in [-0.05, 0) is 37.0 Å². The summed E-state index contributed by atoms with van der Waals surface area (Å²) in [4.78, 5) is 0. The average molecular weight is 314 g/mol. The molecule has 0 radical (unpaired) electrons. The summed E-state index contributed by atoms with van der Waals surface area (Å²) < 4.78 is 23.8. The van der Waals surface area contributed by atoms with Gasteiger partial charge in [0.25, 0.3) is 0 Å². The Morgan fingerprint density at radius 1 is 1.00 bits per heavy atom. The monoisotopic (exact) mass is 314 g/mol. The van der Waals surface area contributed by atoms with Gasteiger partial charge in [-0.25, -0.2) is 0 Å². The van der Waals surface area contributed by atoms with Crippen molar-refractivity contribution < 1.29 is 18.7 Å². The van der Waals surface area contributed by atoms with Crippen LogP contribution in [0.4, 0.5) is 0 Å². The van der Waals surface area contributed by atoms with E-state index in [2.05, 4.69) is 13.8 Å². The molecule has 120 valence electrons. The maximum Gasteiger partial charge on any atom is 0.331 e. The van der Waals surface area contributed by atoms with Gasteiger partial charge in [-0.2, -0.15) is 0 Å². The van der Waals surface area contributed by atoms with Gasteiger partial charge < -0.3 is 14.2 Å². The van der Waals surface area contributed by atoms with Gasteiger partial charge in [0.05, 0.1) is 19.4 Å². The van der Waals surface area contributed by atoms with Crippen molar-refractivity contribution in [1.29, 1.82) is 0 Å². The predicted molar refractivity (Wildman–Crippen MR) is 86.0 cm³/mol. The molecule has 0 amide bonds. The molecule has 0 aliphatic carbocycles. The van der Waals surface area contributed by atoms with E-state index in [4.69, 9.17) is 9.05 Å². The van der Waals surface area contributed by atoms with Gasteiger partial charge in [-0.1, -0.05) is 38.8 Å². The van der Waals surface area contributed by atoms with Crippen LogP contribution in [-0.2, 0) is 20.0 Å². The lowest BCUT2D eigenvalue weighted by molar-refractivity contribution is 0.200. The molecule has 21 heavy (non-hydrogen) atoms. The summed E-state index contributed by atoms with van der Waals surface area (Å²) in [6, 6.07) is 6.93. The van der Waals surface area contributed by atoms with Crippen LogP contribution in [0.1, 0.15) is 45.1 Å². The highest BCUT2D eigenvalue weighted by Gasteiger charge is 2.24. The van der Waals surface area contributed by atoms with Crippen LogP contribution < -0.4 is 0 Å². The summed E-state index contributed by atoms with van der Waals surface area (Å²) in [7, 11) is -3.02. The van der Waals surface area contributed by atoms with E-state index >= 15 is 0 Å². The van der Waals surface area contributed by atoms with Crippen molar-refractivity contribution in [2.75, 3.05) is 19.4 Å². The second-order valence-electron chi connectivity index (χ2n) is 5.12. The first-order valence-electron chi connectivity index (χ1n) is 7.75. The lowest BCUT2D eigenvalue weighted by Gasteiger charge is -2.18. The van der Waals surface area contributed by atoms with E-state index in [1.807, 2.05) is 12.1 Å². The van der Waals surface area contributed by atoms with Gasteiger partial charge >= 0.3 is 7.60 Å². The molecule has 0 atom stereocenters. The number of hydrogen-bond donors (Lipinski definition) is 1. The highest BCUT2D eigenvalue weighted by Crippen LogP contribution is 2.48. The number of rotatable bonds is 11. The summed E-state index contributed by atoms with van der Waals surface area (Å²) >= 11 is 0. The summed E-state index contributed by atoms with van der Waals surface area (Å²) in [5.74, 6) is 0.236. The lowest BCUT2D eigenvalue weighted by atomic mass is 10.2. The Morgan fingerprint density at radius 2 is 1.52 bits per heavy atom. The Kier molecular flexibility index (Phi) is 8.67. The molecule has 0 heterocycles. The molecule has 1 aromatic carbocycles. The molecule has 1 rings (SSSR count). The van der Waals surface area contributed by atoms with Crippen molar-refractivity contribution in [2.45, 2.75) is 46.0 Å². The Bertz CT molecular complexity index is 416. The standard InChI is InChI=1S/C16H27O4P/c1-3-5-12-19-21(18,20-13-6-4-2)14-11-15-7-9-16(17)10-8-15/h7-10,17H,3-6,11-14H2,1-2H3. The molecule has 0 unspecified atom stereocenters. The quantitative estimate of drug-likeness (QED) is 0.472. The third-order valence-corrected chi connectivity index (χ3v) is 5.11. The molecule has 0 aliphatic rings. The second kappa shape index (κ2) is 9.99. The lowest BCUT2D eigenvalue weighted by Crippen LogP contribution is -2.05.